The minimum absolute atomic E-state index is 0.0169. The second-order valence-corrected chi connectivity index (χ2v) is 6.03. The van der Waals surface area contributed by atoms with Crippen LogP contribution in [0.2, 0.25) is 5.02 Å². The van der Waals surface area contributed by atoms with Gasteiger partial charge in [-0.3, -0.25) is 4.79 Å². The molecular weight excluding hydrogens is 385 g/mol. The van der Waals surface area contributed by atoms with Gasteiger partial charge in [-0.1, -0.05) is 41.9 Å². The molecule has 1 amide bonds. The van der Waals surface area contributed by atoms with Gasteiger partial charge in [-0.25, -0.2) is 0 Å². The molecule has 2 nitrogen and oxygen atoms in total. The highest BCUT2D eigenvalue weighted by Gasteiger charge is 2.17. The number of benzene rings is 2. The molecule has 0 bridgehead atoms. The predicted molar refractivity (Wildman–Crippen MR) is 91.0 cm³/mol. The fourth-order valence-corrected chi connectivity index (χ4v) is 2.70. The third-order valence-electron chi connectivity index (χ3n) is 3.04. The number of halogens is 2. The van der Waals surface area contributed by atoms with Crippen LogP contribution in [0.15, 0.2) is 48.5 Å². The van der Waals surface area contributed by atoms with Gasteiger partial charge in [-0.05, 0) is 53.3 Å². The number of hydrogen-bond acceptors (Lipinski definition) is 1. The summed E-state index contributed by atoms with van der Waals surface area (Å²) < 4.78 is 0.920. The summed E-state index contributed by atoms with van der Waals surface area (Å²) in [6.45, 7) is 3.26. The Hall–Kier alpha value is -1.07. The summed E-state index contributed by atoms with van der Waals surface area (Å²) in [6.07, 6.45) is 0. The van der Waals surface area contributed by atoms with Crippen LogP contribution in [0, 0.1) is 3.57 Å². The molecule has 0 aliphatic carbocycles. The number of amides is 1. The van der Waals surface area contributed by atoms with Crippen molar-refractivity contribution < 1.29 is 4.79 Å². The molecule has 4 heteroatoms. The van der Waals surface area contributed by atoms with Gasteiger partial charge in [-0.2, -0.15) is 0 Å². The summed E-state index contributed by atoms with van der Waals surface area (Å²) >= 11 is 8.16. The molecule has 0 aliphatic rings. The van der Waals surface area contributed by atoms with Gasteiger partial charge in [0.25, 0.3) is 5.91 Å². The van der Waals surface area contributed by atoms with E-state index in [1.165, 1.54) is 0 Å². The Balaban J connectivity index is 2.23. The normalized spacial score (nSPS) is 10.3. The first-order chi connectivity index (χ1) is 9.61. The van der Waals surface area contributed by atoms with Gasteiger partial charge in [0.1, 0.15) is 0 Å². The molecule has 2 aromatic carbocycles. The van der Waals surface area contributed by atoms with E-state index in [1.807, 2.05) is 48.2 Å². The Morgan fingerprint density at radius 1 is 1.20 bits per heavy atom. The topological polar surface area (TPSA) is 20.3 Å². The van der Waals surface area contributed by atoms with Crippen LogP contribution < -0.4 is 0 Å². The highest BCUT2D eigenvalue weighted by molar-refractivity contribution is 14.1. The third kappa shape index (κ3) is 3.73. The van der Waals surface area contributed by atoms with Gasteiger partial charge in [-0.15, -0.1) is 0 Å². The van der Waals surface area contributed by atoms with Crippen molar-refractivity contribution in [3.8, 4) is 0 Å². The standard InChI is InChI=1S/C16H15ClINO/c1-2-19(11-12-6-4-3-5-7-12)16(20)14-10-13(17)8-9-15(14)18/h3-10H,2,11H2,1H3. The summed E-state index contributed by atoms with van der Waals surface area (Å²) in [7, 11) is 0. The molecule has 2 aromatic rings. The number of carbonyl (C=O) groups excluding carboxylic acids is 1. The van der Waals surface area contributed by atoms with Gasteiger partial charge in [0.15, 0.2) is 0 Å². The maximum atomic E-state index is 12.6. The Bertz CT molecular complexity index is 601. The number of carbonyl (C=O) groups is 1. The molecule has 0 radical (unpaired) electrons. The lowest BCUT2D eigenvalue weighted by atomic mass is 10.1. The summed E-state index contributed by atoms with van der Waals surface area (Å²) in [6, 6.07) is 15.4. The molecule has 0 unspecified atom stereocenters. The highest BCUT2D eigenvalue weighted by atomic mass is 127. The average Bonchev–Trinajstić information content (AvgIpc) is 2.47. The quantitative estimate of drug-likeness (QED) is 0.688. The highest BCUT2D eigenvalue weighted by Crippen LogP contribution is 2.20. The van der Waals surface area contributed by atoms with E-state index < -0.39 is 0 Å². The van der Waals surface area contributed by atoms with Crippen molar-refractivity contribution in [3.63, 3.8) is 0 Å². The first kappa shape index (κ1) is 15.3. The van der Waals surface area contributed by atoms with Gasteiger partial charge >= 0.3 is 0 Å². The van der Waals surface area contributed by atoms with E-state index in [0.29, 0.717) is 23.7 Å². The van der Waals surface area contributed by atoms with E-state index in [1.54, 1.807) is 12.1 Å². The average molecular weight is 400 g/mol. The second-order valence-electron chi connectivity index (χ2n) is 4.43. The molecule has 0 atom stereocenters. The fourth-order valence-electron chi connectivity index (χ4n) is 1.96. The summed E-state index contributed by atoms with van der Waals surface area (Å²) in [4.78, 5) is 14.4. The maximum absolute atomic E-state index is 12.6. The van der Waals surface area contributed by atoms with Gasteiger partial charge in [0.05, 0.1) is 5.56 Å². The monoisotopic (exact) mass is 399 g/mol. The van der Waals surface area contributed by atoms with E-state index in [9.17, 15) is 4.79 Å². The Labute approximate surface area is 137 Å². The van der Waals surface area contributed by atoms with E-state index in [2.05, 4.69) is 22.6 Å². The Morgan fingerprint density at radius 3 is 2.55 bits per heavy atom. The van der Waals surface area contributed by atoms with Crippen LogP contribution in [0.3, 0.4) is 0 Å². The van der Waals surface area contributed by atoms with Crippen molar-refractivity contribution in [2.45, 2.75) is 13.5 Å². The first-order valence-corrected chi connectivity index (χ1v) is 7.85. The van der Waals surface area contributed by atoms with E-state index in [0.717, 1.165) is 9.13 Å². The zero-order valence-corrected chi connectivity index (χ0v) is 14.1. The van der Waals surface area contributed by atoms with Crippen LogP contribution >= 0.6 is 34.2 Å². The molecule has 104 valence electrons. The minimum atomic E-state index is 0.0169. The molecule has 0 saturated heterocycles. The molecule has 0 N–H and O–H groups in total. The summed E-state index contributed by atoms with van der Waals surface area (Å²) in [5.41, 5.74) is 1.79. The van der Waals surface area contributed by atoms with E-state index in [4.69, 9.17) is 11.6 Å². The molecule has 0 spiro atoms. The van der Waals surface area contributed by atoms with Crippen LogP contribution in [0.5, 0.6) is 0 Å². The third-order valence-corrected chi connectivity index (χ3v) is 4.22. The SMILES string of the molecule is CCN(Cc1ccccc1)C(=O)c1cc(Cl)ccc1I. The van der Waals surface area contributed by atoms with Crippen molar-refractivity contribution in [2.24, 2.45) is 0 Å². The number of hydrogen-bond donors (Lipinski definition) is 0. The van der Waals surface area contributed by atoms with Crippen LogP contribution in [0.1, 0.15) is 22.8 Å². The molecule has 0 aliphatic heterocycles. The van der Waals surface area contributed by atoms with E-state index in [-0.39, 0.29) is 5.91 Å². The summed E-state index contributed by atoms with van der Waals surface area (Å²) in [5.74, 6) is 0.0169. The largest absolute Gasteiger partial charge is 0.335 e. The lowest BCUT2D eigenvalue weighted by Crippen LogP contribution is -2.30. The van der Waals surface area contributed by atoms with Gasteiger partial charge in [0, 0.05) is 21.7 Å². The number of nitrogens with zero attached hydrogens (tertiary/aromatic N) is 1. The predicted octanol–water partition coefficient (Wildman–Crippen LogP) is 4.61. The lowest BCUT2D eigenvalue weighted by Gasteiger charge is -2.21. The zero-order chi connectivity index (χ0) is 14.5. The van der Waals surface area contributed by atoms with Crippen LogP contribution in [0.4, 0.5) is 0 Å². The zero-order valence-electron chi connectivity index (χ0n) is 11.1. The summed E-state index contributed by atoms with van der Waals surface area (Å²) in [5, 5.41) is 0.588. The van der Waals surface area contributed by atoms with Crippen molar-refractivity contribution in [3.05, 3.63) is 68.3 Å². The molecule has 0 fully saturated rings. The van der Waals surface area contributed by atoms with Crippen LogP contribution in [0.25, 0.3) is 0 Å². The van der Waals surface area contributed by atoms with Gasteiger partial charge < -0.3 is 4.90 Å². The van der Waals surface area contributed by atoms with Crippen molar-refractivity contribution >= 4 is 40.1 Å². The van der Waals surface area contributed by atoms with Crippen molar-refractivity contribution in [1.82, 2.24) is 4.90 Å². The Morgan fingerprint density at radius 2 is 1.90 bits per heavy atom. The van der Waals surface area contributed by atoms with Crippen molar-refractivity contribution in [2.75, 3.05) is 6.54 Å². The fraction of sp³-hybridized carbons (Fsp3) is 0.188. The number of rotatable bonds is 4. The molecule has 20 heavy (non-hydrogen) atoms. The van der Waals surface area contributed by atoms with Crippen LogP contribution in [-0.4, -0.2) is 17.4 Å². The smallest absolute Gasteiger partial charge is 0.255 e. The first-order valence-electron chi connectivity index (χ1n) is 6.40. The second kappa shape index (κ2) is 7.09. The molecule has 0 heterocycles. The van der Waals surface area contributed by atoms with E-state index >= 15 is 0 Å². The molecule has 0 saturated carbocycles. The van der Waals surface area contributed by atoms with Crippen LogP contribution in [-0.2, 0) is 6.54 Å². The van der Waals surface area contributed by atoms with Gasteiger partial charge in [0.2, 0.25) is 0 Å². The molecule has 0 aromatic heterocycles. The molecule has 2 rings (SSSR count). The minimum Gasteiger partial charge on any atom is -0.335 e. The van der Waals surface area contributed by atoms with Crippen molar-refractivity contribution in [1.29, 1.82) is 0 Å². The lowest BCUT2D eigenvalue weighted by molar-refractivity contribution is 0.0751. The maximum Gasteiger partial charge on any atom is 0.255 e. The Kier molecular flexibility index (Phi) is 5.43. The molecular formula is C16H15ClINO.